The lowest BCUT2D eigenvalue weighted by Crippen LogP contribution is -2.39. The van der Waals surface area contributed by atoms with Crippen LogP contribution in [0.5, 0.6) is 5.75 Å². The van der Waals surface area contributed by atoms with Crippen molar-refractivity contribution in [1.29, 1.82) is 0 Å². The third-order valence-electron chi connectivity index (χ3n) is 4.50. The van der Waals surface area contributed by atoms with Crippen LogP contribution in [0.2, 0.25) is 0 Å². The van der Waals surface area contributed by atoms with Crippen LogP contribution in [0.4, 0.5) is 8.78 Å². The zero-order chi connectivity index (χ0) is 15.2. The van der Waals surface area contributed by atoms with Gasteiger partial charge in [-0.2, -0.15) is 8.78 Å². The number of hydrogen-bond acceptors (Lipinski definition) is 2. The van der Waals surface area contributed by atoms with Crippen LogP contribution < -0.4 is 10.1 Å². The van der Waals surface area contributed by atoms with E-state index in [0.717, 1.165) is 5.56 Å². The highest BCUT2D eigenvalue weighted by Gasteiger charge is 2.26. The summed E-state index contributed by atoms with van der Waals surface area (Å²) in [7, 11) is 0. The molecule has 3 unspecified atom stereocenters. The van der Waals surface area contributed by atoms with Crippen molar-refractivity contribution in [3.05, 3.63) is 29.8 Å². The molecule has 0 saturated heterocycles. The van der Waals surface area contributed by atoms with Gasteiger partial charge in [0.25, 0.3) is 0 Å². The summed E-state index contributed by atoms with van der Waals surface area (Å²) in [5.41, 5.74) is 0.804. The van der Waals surface area contributed by atoms with Crippen LogP contribution in [0.25, 0.3) is 0 Å². The first-order valence-corrected chi connectivity index (χ1v) is 7.91. The molecule has 118 valence electrons. The first-order valence-electron chi connectivity index (χ1n) is 7.91. The zero-order valence-electron chi connectivity index (χ0n) is 12.8. The van der Waals surface area contributed by atoms with Gasteiger partial charge < -0.3 is 10.1 Å². The molecular formula is C17H25F2NO. The molecule has 2 nitrogen and oxygen atoms in total. The molecule has 2 rings (SSSR count). The SMILES string of the molecule is CCC1CCCCC1NC(C)c1ccccc1OC(F)F. The minimum atomic E-state index is -2.78. The van der Waals surface area contributed by atoms with E-state index in [-0.39, 0.29) is 11.8 Å². The van der Waals surface area contributed by atoms with E-state index < -0.39 is 6.61 Å². The summed E-state index contributed by atoms with van der Waals surface area (Å²) in [5, 5.41) is 3.62. The summed E-state index contributed by atoms with van der Waals surface area (Å²) >= 11 is 0. The molecule has 1 saturated carbocycles. The Hall–Kier alpha value is -1.16. The van der Waals surface area contributed by atoms with Crippen LogP contribution in [-0.2, 0) is 0 Å². The van der Waals surface area contributed by atoms with Crippen molar-refractivity contribution >= 4 is 0 Å². The molecule has 0 radical (unpaired) electrons. The van der Waals surface area contributed by atoms with E-state index in [2.05, 4.69) is 17.0 Å². The van der Waals surface area contributed by atoms with Crippen LogP contribution in [-0.4, -0.2) is 12.7 Å². The number of nitrogens with one attached hydrogen (secondary N) is 1. The summed E-state index contributed by atoms with van der Waals surface area (Å²) in [6.07, 6.45) is 6.14. The third-order valence-corrected chi connectivity index (χ3v) is 4.50. The predicted molar refractivity (Wildman–Crippen MR) is 80.7 cm³/mol. The summed E-state index contributed by atoms with van der Waals surface area (Å²) in [6, 6.07) is 7.54. The highest BCUT2D eigenvalue weighted by Crippen LogP contribution is 2.31. The molecule has 1 aromatic carbocycles. The minimum absolute atomic E-state index is 0.0112. The van der Waals surface area contributed by atoms with Gasteiger partial charge >= 0.3 is 6.61 Å². The normalized spacial score (nSPS) is 24.0. The van der Waals surface area contributed by atoms with Gasteiger partial charge in [0.1, 0.15) is 5.75 Å². The fraction of sp³-hybridized carbons (Fsp3) is 0.647. The van der Waals surface area contributed by atoms with Crippen molar-refractivity contribution in [1.82, 2.24) is 5.32 Å². The maximum Gasteiger partial charge on any atom is 0.387 e. The number of para-hydroxylation sites is 1. The van der Waals surface area contributed by atoms with Gasteiger partial charge in [0.05, 0.1) is 0 Å². The van der Waals surface area contributed by atoms with Gasteiger partial charge in [-0.25, -0.2) is 0 Å². The highest BCUT2D eigenvalue weighted by atomic mass is 19.3. The van der Waals surface area contributed by atoms with E-state index in [4.69, 9.17) is 0 Å². The molecule has 21 heavy (non-hydrogen) atoms. The number of halogens is 2. The Morgan fingerprint density at radius 1 is 1.24 bits per heavy atom. The number of benzene rings is 1. The first kappa shape index (κ1) is 16.2. The topological polar surface area (TPSA) is 21.3 Å². The molecule has 0 heterocycles. The Labute approximate surface area is 125 Å². The zero-order valence-corrected chi connectivity index (χ0v) is 12.8. The lowest BCUT2D eigenvalue weighted by molar-refractivity contribution is -0.0507. The van der Waals surface area contributed by atoms with Crippen molar-refractivity contribution in [3.8, 4) is 5.75 Å². The molecule has 0 amide bonds. The summed E-state index contributed by atoms with van der Waals surface area (Å²) in [4.78, 5) is 0. The second kappa shape index (κ2) is 7.74. The lowest BCUT2D eigenvalue weighted by Gasteiger charge is -2.34. The number of rotatable bonds is 6. The van der Waals surface area contributed by atoms with Gasteiger partial charge in [-0.3, -0.25) is 0 Å². The van der Waals surface area contributed by atoms with Crippen LogP contribution in [0.15, 0.2) is 24.3 Å². The molecule has 1 aliphatic carbocycles. The van der Waals surface area contributed by atoms with E-state index >= 15 is 0 Å². The smallest absolute Gasteiger partial charge is 0.387 e. The number of ether oxygens (including phenoxy) is 1. The first-order chi connectivity index (χ1) is 10.1. The maximum atomic E-state index is 12.5. The van der Waals surface area contributed by atoms with Crippen LogP contribution in [0, 0.1) is 5.92 Å². The highest BCUT2D eigenvalue weighted by molar-refractivity contribution is 5.35. The molecule has 0 spiro atoms. The largest absolute Gasteiger partial charge is 0.434 e. The van der Waals surface area contributed by atoms with E-state index in [1.165, 1.54) is 32.1 Å². The van der Waals surface area contributed by atoms with Crippen LogP contribution in [0.1, 0.15) is 57.6 Å². The van der Waals surface area contributed by atoms with Crippen LogP contribution >= 0.6 is 0 Å². The molecule has 0 bridgehead atoms. The van der Waals surface area contributed by atoms with E-state index in [9.17, 15) is 8.78 Å². The van der Waals surface area contributed by atoms with Crippen molar-refractivity contribution in [2.24, 2.45) is 5.92 Å². The Bertz CT molecular complexity index is 439. The van der Waals surface area contributed by atoms with Gasteiger partial charge in [0.15, 0.2) is 0 Å². The van der Waals surface area contributed by atoms with Gasteiger partial charge in [0, 0.05) is 17.6 Å². The molecule has 4 heteroatoms. The molecule has 0 aliphatic heterocycles. The molecule has 0 aromatic heterocycles. The fourth-order valence-electron chi connectivity index (χ4n) is 3.37. The van der Waals surface area contributed by atoms with Gasteiger partial charge in [-0.05, 0) is 31.7 Å². The van der Waals surface area contributed by atoms with Crippen molar-refractivity contribution in [2.75, 3.05) is 0 Å². The maximum absolute atomic E-state index is 12.5. The van der Waals surface area contributed by atoms with E-state index in [1.54, 1.807) is 12.1 Å². The average Bonchev–Trinajstić information content (AvgIpc) is 2.47. The summed E-state index contributed by atoms with van der Waals surface area (Å²) < 4.78 is 29.6. The monoisotopic (exact) mass is 297 g/mol. The summed E-state index contributed by atoms with van der Waals surface area (Å²) in [5.74, 6) is 0.959. The van der Waals surface area contributed by atoms with E-state index in [0.29, 0.717) is 12.0 Å². The second-order valence-electron chi connectivity index (χ2n) is 5.86. The third kappa shape index (κ3) is 4.40. The van der Waals surface area contributed by atoms with Crippen molar-refractivity contribution in [3.63, 3.8) is 0 Å². The summed E-state index contributed by atoms with van der Waals surface area (Å²) in [6.45, 7) is 1.47. The Balaban J connectivity index is 2.07. The lowest BCUT2D eigenvalue weighted by atomic mass is 9.82. The average molecular weight is 297 g/mol. The molecule has 1 aromatic rings. The second-order valence-corrected chi connectivity index (χ2v) is 5.86. The Morgan fingerprint density at radius 3 is 2.67 bits per heavy atom. The number of alkyl halides is 2. The van der Waals surface area contributed by atoms with E-state index in [1.807, 2.05) is 19.1 Å². The minimum Gasteiger partial charge on any atom is -0.434 e. The van der Waals surface area contributed by atoms with Gasteiger partial charge in [0.2, 0.25) is 0 Å². The van der Waals surface area contributed by atoms with Crippen LogP contribution in [0.3, 0.4) is 0 Å². The van der Waals surface area contributed by atoms with Gasteiger partial charge in [-0.1, -0.05) is 44.4 Å². The molecule has 1 N–H and O–H groups in total. The number of hydrogen-bond donors (Lipinski definition) is 1. The van der Waals surface area contributed by atoms with Crippen molar-refractivity contribution < 1.29 is 13.5 Å². The predicted octanol–water partition coefficient (Wildman–Crippen LogP) is 4.91. The van der Waals surface area contributed by atoms with Gasteiger partial charge in [-0.15, -0.1) is 0 Å². The molecule has 3 atom stereocenters. The standard InChI is InChI=1S/C17H25F2NO/c1-3-13-8-4-6-10-15(13)20-12(2)14-9-5-7-11-16(14)21-17(18)19/h5,7,9,11-13,15,17,20H,3-4,6,8,10H2,1-2H3. The fourth-order valence-corrected chi connectivity index (χ4v) is 3.37. The Morgan fingerprint density at radius 2 is 1.95 bits per heavy atom. The quantitative estimate of drug-likeness (QED) is 0.805. The molecule has 1 fully saturated rings. The Kier molecular flexibility index (Phi) is 5.97. The molecular weight excluding hydrogens is 272 g/mol. The molecule has 1 aliphatic rings. The van der Waals surface area contributed by atoms with Crippen molar-refractivity contribution in [2.45, 2.75) is 64.6 Å².